The number of rotatable bonds is 1. The molecule has 1 aliphatic heterocycles. The second-order valence-corrected chi connectivity index (χ2v) is 5.26. The predicted octanol–water partition coefficient (Wildman–Crippen LogP) is 2.91. The minimum atomic E-state index is -4.35. The van der Waals surface area contributed by atoms with Gasteiger partial charge in [-0.25, -0.2) is 0 Å². The Hall–Kier alpha value is -1.37. The number of carbonyl (C=O) groups is 1. The van der Waals surface area contributed by atoms with Crippen LogP contribution in [-0.2, 0) is 21.5 Å². The third-order valence-corrected chi connectivity index (χ3v) is 4.05. The van der Waals surface area contributed by atoms with Crippen LogP contribution in [0.25, 0.3) is 0 Å². The molecule has 1 unspecified atom stereocenters. The molecule has 0 aliphatic carbocycles. The smallest absolute Gasteiger partial charge is 0.416 e. The third-order valence-electron chi connectivity index (χ3n) is 2.81. The van der Waals surface area contributed by atoms with Crippen LogP contribution in [0.1, 0.15) is 11.1 Å². The number of benzene rings is 1. The van der Waals surface area contributed by atoms with Crippen molar-refractivity contribution in [3.63, 3.8) is 0 Å². The van der Waals surface area contributed by atoms with Crippen molar-refractivity contribution in [2.75, 3.05) is 19.0 Å². The second-order valence-electron chi connectivity index (χ2n) is 4.07. The number of hydrogen-bond donors (Lipinski definition) is 1. The molecule has 1 heterocycles. The maximum Gasteiger partial charge on any atom is 0.416 e. The number of alkyl halides is 3. The highest BCUT2D eigenvalue weighted by Crippen LogP contribution is 2.35. The van der Waals surface area contributed by atoms with Crippen LogP contribution in [0.5, 0.6) is 0 Å². The number of ether oxygens (including phenoxy) is 1. The average Bonchev–Trinajstić information content (AvgIpc) is 2.58. The maximum atomic E-state index is 12.6. The van der Waals surface area contributed by atoms with Crippen molar-refractivity contribution in [1.29, 1.82) is 0 Å². The minimum absolute atomic E-state index is 0.339. The first-order valence-corrected chi connectivity index (χ1v) is 6.60. The van der Waals surface area contributed by atoms with Crippen LogP contribution in [0, 0.1) is 0 Å². The molecule has 1 atom stereocenters. The third kappa shape index (κ3) is 3.15. The van der Waals surface area contributed by atoms with Crippen LogP contribution in [-0.4, -0.2) is 24.9 Å². The fraction of sp³-hybridized carbons (Fsp3) is 0.417. The SMILES string of the molecule is COC(=O)C1CNc2ccc(C(F)(F)F)cc2CS1. The molecule has 0 radical (unpaired) electrons. The largest absolute Gasteiger partial charge is 0.468 e. The van der Waals surface area contributed by atoms with Gasteiger partial charge in [0.15, 0.2) is 0 Å². The molecule has 0 bridgehead atoms. The van der Waals surface area contributed by atoms with Crippen molar-refractivity contribution in [3.8, 4) is 0 Å². The monoisotopic (exact) mass is 291 g/mol. The van der Waals surface area contributed by atoms with Crippen molar-refractivity contribution in [2.45, 2.75) is 17.2 Å². The fourth-order valence-electron chi connectivity index (χ4n) is 1.80. The average molecular weight is 291 g/mol. The van der Waals surface area contributed by atoms with Crippen LogP contribution >= 0.6 is 11.8 Å². The summed E-state index contributed by atoms with van der Waals surface area (Å²) in [6.07, 6.45) is -4.35. The van der Waals surface area contributed by atoms with E-state index >= 15 is 0 Å². The van der Waals surface area contributed by atoms with Gasteiger partial charge in [-0.05, 0) is 23.8 Å². The first-order chi connectivity index (χ1) is 8.91. The molecule has 1 aliphatic rings. The Balaban J connectivity index is 2.21. The summed E-state index contributed by atoms with van der Waals surface area (Å²) in [7, 11) is 1.29. The van der Waals surface area contributed by atoms with Crippen molar-refractivity contribution >= 4 is 23.4 Å². The second kappa shape index (κ2) is 5.32. The maximum absolute atomic E-state index is 12.6. The molecule has 7 heteroatoms. The molecule has 0 aromatic heterocycles. The van der Waals surface area contributed by atoms with Gasteiger partial charge < -0.3 is 10.1 Å². The van der Waals surface area contributed by atoms with Gasteiger partial charge in [-0.15, -0.1) is 11.8 Å². The van der Waals surface area contributed by atoms with E-state index in [9.17, 15) is 18.0 Å². The molecule has 1 N–H and O–H groups in total. The van der Waals surface area contributed by atoms with E-state index in [0.717, 1.165) is 12.1 Å². The number of esters is 1. The van der Waals surface area contributed by atoms with Gasteiger partial charge in [-0.1, -0.05) is 0 Å². The Morgan fingerprint density at radius 3 is 2.84 bits per heavy atom. The normalized spacial score (nSPS) is 19.1. The van der Waals surface area contributed by atoms with E-state index in [4.69, 9.17) is 0 Å². The Kier molecular flexibility index (Phi) is 3.93. The summed E-state index contributed by atoms with van der Waals surface area (Å²) < 4.78 is 42.5. The number of thioether (sulfide) groups is 1. The Morgan fingerprint density at radius 2 is 2.21 bits per heavy atom. The predicted molar refractivity (Wildman–Crippen MR) is 67.0 cm³/mol. The van der Waals surface area contributed by atoms with Gasteiger partial charge in [0.1, 0.15) is 5.25 Å². The van der Waals surface area contributed by atoms with Crippen LogP contribution in [0.3, 0.4) is 0 Å². The first-order valence-electron chi connectivity index (χ1n) is 5.55. The van der Waals surface area contributed by atoms with Gasteiger partial charge >= 0.3 is 12.1 Å². The fourth-order valence-corrected chi connectivity index (χ4v) is 2.85. The molecule has 0 saturated heterocycles. The van der Waals surface area contributed by atoms with E-state index in [2.05, 4.69) is 10.1 Å². The van der Waals surface area contributed by atoms with Crippen LogP contribution in [0.15, 0.2) is 18.2 Å². The molecule has 2 rings (SSSR count). The highest BCUT2D eigenvalue weighted by atomic mass is 32.2. The lowest BCUT2D eigenvalue weighted by Gasteiger charge is -2.12. The number of carbonyl (C=O) groups excluding carboxylic acids is 1. The summed E-state index contributed by atoms with van der Waals surface area (Å²) in [6, 6.07) is 3.56. The lowest BCUT2D eigenvalue weighted by molar-refractivity contribution is -0.140. The lowest BCUT2D eigenvalue weighted by atomic mass is 10.1. The molecule has 3 nitrogen and oxygen atoms in total. The zero-order valence-electron chi connectivity index (χ0n) is 10.1. The molecule has 104 valence electrons. The molecule has 1 aromatic carbocycles. The lowest BCUT2D eigenvalue weighted by Crippen LogP contribution is -2.25. The molecule has 0 fully saturated rings. The van der Waals surface area contributed by atoms with Gasteiger partial charge in [0.25, 0.3) is 0 Å². The number of fused-ring (bicyclic) bond motifs is 1. The van der Waals surface area contributed by atoms with Gasteiger partial charge in [-0.2, -0.15) is 13.2 Å². The number of hydrogen-bond acceptors (Lipinski definition) is 4. The summed E-state index contributed by atoms with van der Waals surface area (Å²) >= 11 is 1.27. The zero-order chi connectivity index (χ0) is 14.0. The quantitative estimate of drug-likeness (QED) is 0.807. The molecule has 0 saturated carbocycles. The van der Waals surface area contributed by atoms with Crippen LogP contribution in [0.4, 0.5) is 18.9 Å². The summed E-state index contributed by atoms with van der Waals surface area (Å²) in [6.45, 7) is 0.343. The van der Waals surface area contributed by atoms with E-state index in [1.165, 1.54) is 24.9 Å². The first kappa shape index (κ1) is 14.0. The zero-order valence-corrected chi connectivity index (χ0v) is 10.9. The molecular weight excluding hydrogens is 279 g/mol. The standard InChI is InChI=1S/C12H12F3NO2S/c1-18-11(17)10-5-16-9-3-2-8(12(13,14)15)4-7(9)6-19-10/h2-4,10,16H,5-6H2,1H3. The van der Waals surface area contributed by atoms with Gasteiger partial charge in [0, 0.05) is 18.0 Å². The van der Waals surface area contributed by atoms with Gasteiger partial charge in [0.2, 0.25) is 0 Å². The number of methoxy groups -OCH3 is 1. The number of anilines is 1. The molecule has 0 spiro atoms. The Labute approximate surface area is 112 Å². The van der Waals surface area contributed by atoms with Crippen LogP contribution < -0.4 is 5.32 Å². The highest BCUT2D eigenvalue weighted by molar-refractivity contribution is 7.99. The Bertz CT molecular complexity index is 490. The summed E-state index contributed by atoms with van der Waals surface area (Å²) in [5, 5.41) is 2.57. The summed E-state index contributed by atoms with van der Waals surface area (Å²) in [4.78, 5) is 11.4. The summed E-state index contributed by atoms with van der Waals surface area (Å²) in [5.41, 5.74) is 0.503. The van der Waals surface area contributed by atoms with Crippen molar-refractivity contribution in [3.05, 3.63) is 29.3 Å². The molecule has 0 amide bonds. The molecular formula is C12H12F3NO2S. The Morgan fingerprint density at radius 1 is 1.47 bits per heavy atom. The van der Waals surface area contributed by atoms with Gasteiger partial charge in [-0.3, -0.25) is 4.79 Å². The number of nitrogens with one attached hydrogen (secondary N) is 1. The van der Waals surface area contributed by atoms with Gasteiger partial charge in [0.05, 0.1) is 12.7 Å². The number of halogens is 3. The van der Waals surface area contributed by atoms with E-state index in [0.29, 0.717) is 23.5 Å². The molecule has 1 aromatic rings. The van der Waals surface area contributed by atoms with E-state index in [1.54, 1.807) is 0 Å². The van der Waals surface area contributed by atoms with E-state index in [1.807, 2.05) is 0 Å². The van der Waals surface area contributed by atoms with Crippen LogP contribution in [0.2, 0.25) is 0 Å². The minimum Gasteiger partial charge on any atom is -0.468 e. The van der Waals surface area contributed by atoms with Crippen molar-refractivity contribution in [1.82, 2.24) is 0 Å². The van der Waals surface area contributed by atoms with E-state index < -0.39 is 17.0 Å². The highest BCUT2D eigenvalue weighted by Gasteiger charge is 2.32. The van der Waals surface area contributed by atoms with Crippen molar-refractivity contribution in [2.24, 2.45) is 0 Å². The molecule has 19 heavy (non-hydrogen) atoms. The van der Waals surface area contributed by atoms with Crippen molar-refractivity contribution < 1.29 is 22.7 Å². The topological polar surface area (TPSA) is 38.3 Å². The van der Waals surface area contributed by atoms with E-state index in [-0.39, 0.29) is 5.97 Å². The summed E-state index contributed by atoms with van der Waals surface area (Å²) in [5.74, 6) is -0.0344.